The van der Waals surface area contributed by atoms with Crippen LogP contribution in [0.3, 0.4) is 0 Å². The van der Waals surface area contributed by atoms with Crippen molar-refractivity contribution in [1.29, 1.82) is 0 Å². The molecule has 1 aliphatic heterocycles. The number of thioether (sulfide) groups is 1. The highest BCUT2D eigenvalue weighted by molar-refractivity contribution is 8.59. The molecule has 14 heteroatoms. The summed E-state index contributed by atoms with van der Waals surface area (Å²) in [5, 5.41) is 15.8. The zero-order valence-corrected chi connectivity index (χ0v) is 30.1. The molecule has 10 nitrogen and oxygen atoms in total. The van der Waals surface area contributed by atoms with E-state index in [0.29, 0.717) is 46.5 Å². The Balaban J connectivity index is 0.00000169. The van der Waals surface area contributed by atoms with Gasteiger partial charge in [0.15, 0.2) is 0 Å². The fourth-order valence-corrected chi connectivity index (χ4v) is 6.46. The van der Waals surface area contributed by atoms with Crippen molar-refractivity contribution in [2.24, 2.45) is 17.8 Å². The van der Waals surface area contributed by atoms with Gasteiger partial charge in [-0.2, -0.15) is 5.10 Å². The number of aryl methyl sites for hydroxylation is 3. The lowest BCUT2D eigenvalue weighted by atomic mass is 9.97. The van der Waals surface area contributed by atoms with E-state index < -0.39 is 5.97 Å². The molecule has 0 amide bonds. The van der Waals surface area contributed by atoms with Crippen molar-refractivity contribution in [3.63, 3.8) is 0 Å². The number of aliphatic hydroxyl groups excluding tert-OH is 1. The molecule has 0 radical (unpaired) electrons. The van der Waals surface area contributed by atoms with Crippen molar-refractivity contribution in [3.05, 3.63) is 51.6 Å². The molecule has 248 valence electrons. The molecule has 3 heterocycles. The number of hydrogen-bond donors (Lipinski definition) is 4. The van der Waals surface area contributed by atoms with Crippen LogP contribution in [0, 0.1) is 0 Å². The minimum Gasteiger partial charge on any atom is -0.466 e. The molecule has 1 aromatic carbocycles. The Morgan fingerprint density at radius 2 is 1.98 bits per heavy atom. The molecule has 0 fully saturated rings. The summed E-state index contributed by atoms with van der Waals surface area (Å²) in [4.78, 5) is 28.3. The molecule has 0 aliphatic carbocycles. The van der Waals surface area contributed by atoms with E-state index in [9.17, 15) is 14.7 Å². The van der Waals surface area contributed by atoms with Gasteiger partial charge in [0.1, 0.15) is 5.69 Å². The summed E-state index contributed by atoms with van der Waals surface area (Å²) < 4.78 is 14.2. The number of esters is 2. The van der Waals surface area contributed by atoms with E-state index in [1.807, 2.05) is 37.6 Å². The molecule has 0 spiro atoms. The van der Waals surface area contributed by atoms with Gasteiger partial charge in [-0.25, -0.2) is 4.79 Å². The highest BCUT2D eigenvalue weighted by Crippen LogP contribution is 2.44. The van der Waals surface area contributed by atoms with Crippen LogP contribution in [-0.2, 0) is 46.5 Å². The Kier molecular flexibility index (Phi) is 16.4. The van der Waals surface area contributed by atoms with Crippen LogP contribution in [0.5, 0.6) is 0 Å². The van der Waals surface area contributed by atoms with Crippen molar-refractivity contribution < 1.29 is 24.2 Å². The van der Waals surface area contributed by atoms with E-state index >= 15 is 0 Å². The first kappa shape index (κ1) is 38.6. The molecule has 2 aromatic heterocycles. The first-order valence-electron chi connectivity index (χ1n) is 14.6. The maximum atomic E-state index is 13.0. The van der Waals surface area contributed by atoms with Gasteiger partial charge in [-0.1, -0.05) is 31.5 Å². The van der Waals surface area contributed by atoms with Crippen LogP contribution in [0.2, 0.25) is 5.02 Å². The zero-order valence-electron chi connectivity index (χ0n) is 26.7. The number of benzene rings is 1. The molecule has 0 saturated heterocycles. The van der Waals surface area contributed by atoms with E-state index in [0.717, 1.165) is 58.4 Å². The van der Waals surface area contributed by atoms with Crippen LogP contribution in [0.25, 0.3) is 22.0 Å². The van der Waals surface area contributed by atoms with Crippen LogP contribution >= 0.6 is 46.7 Å². The fraction of sp³-hybridized carbons (Fsp3) is 0.484. The number of thiol groups is 2. The second-order valence-electron chi connectivity index (χ2n) is 9.82. The number of nitrogens with two attached hydrogens (primary N) is 1. The molecule has 0 atom stereocenters. The fourth-order valence-electron chi connectivity index (χ4n) is 5.39. The largest absolute Gasteiger partial charge is 0.466 e. The quantitative estimate of drug-likeness (QED) is 0.0609. The first-order valence-corrected chi connectivity index (χ1v) is 17.8. The maximum Gasteiger partial charge on any atom is 0.354 e. The Labute approximate surface area is 285 Å². The standard InChI is InChI=1S/C29H36ClN5O5S.C2H6.H2S2/c1-17(37)40-12-6-7-20-21-9-10-22(30)25(27(21)34(3)28(20)29(38)39-4)26-23(33-35-11-5-8-24(26)35)16-41-15-18(31)13-19(14-36)32-2;2*1-2/h9-10,13,36H,5-8,11-12,14-16,31H2,1-4H3;1-2H3;1-2H/b18-13-,32-19?;;. The van der Waals surface area contributed by atoms with E-state index in [-0.39, 0.29) is 19.2 Å². The van der Waals surface area contributed by atoms with Crippen molar-refractivity contribution in [2.45, 2.75) is 58.8 Å². The number of aromatic nitrogens is 3. The smallest absolute Gasteiger partial charge is 0.354 e. The normalized spacial score (nSPS) is 12.7. The average Bonchev–Trinajstić information content (AvgIpc) is 3.71. The number of ether oxygens (including phenoxy) is 2. The average molecular weight is 698 g/mol. The Morgan fingerprint density at radius 1 is 1.27 bits per heavy atom. The minimum absolute atomic E-state index is 0.168. The maximum absolute atomic E-state index is 13.0. The number of fused-ring (bicyclic) bond motifs is 2. The van der Waals surface area contributed by atoms with E-state index in [2.05, 4.69) is 33.0 Å². The van der Waals surface area contributed by atoms with Gasteiger partial charge >= 0.3 is 11.9 Å². The predicted octanol–water partition coefficient (Wildman–Crippen LogP) is 5.85. The summed E-state index contributed by atoms with van der Waals surface area (Å²) in [5.74, 6) is 0.360. The van der Waals surface area contributed by atoms with Crippen LogP contribution < -0.4 is 5.73 Å². The highest BCUT2D eigenvalue weighted by atomic mass is 35.5. The van der Waals surface area contributed by atoms with Crippen LogP contribution in [0.15, 0.2) is 28.9 Å². The molecule has 45 heavy (non-hydrogen) atoms. The van der Waals surface area contributed by atoms with Gasteiger partial charge in [-0.05, 0) is 43.4 Å². The van der Waals surface area contributed by atoms with Crippen LogP contribution in [-0.4, -0.2) is 70.2 Å². The predicted molar refractivity (Wildman–Crippen MR) is 192 cm³/mol. The van der Waals surface area contributed by atoms with Gasteiger partial charge < -0.3 is 24.9 Å². The molecular formula is C31H44ClN5O5S3. The molecule has 0 saturated carbocycles. The number of methoxy groups -OCH3 is 1. The minimum atomic E-state index is -0.440. The van der Waals surface area contributed by atoms with Gasteiger partial charge in [-0.15, -0.1) is 35.1 Å². The summed E-state index contributed by atoms with van der Waals surface area (Å²) in [6, 6.07) is 3.81. The number of rotatable bonds is 12. The molecule has 0 unspecified atom stereocenters. The molecule has 3 N–H and O–H groups in total. The van der Waals surface area contributed by atoms with Crippen molar-refractivity contribution >= 4 is 75.2 Å². The lowest BCUT2D eigenvalue weighted by Crippen LogP contribution is -2.11. The second-order valence-corrected chi connectivity index (χ2v) is 11.2. The molecule has 4 rings (SSSR count). The van der Waals surface area contributed by atoms with Gasteiger partial charge in [0, 0.05) is 67.0 Å². The lowest BCUT2D eigenvalue weighted by Gasteiger charge is -2.12. The van der Waals surface area contributed by atoms with E-state index in [1.165, 1.54) is 14.0 Å². The number of carbonyl (C=O) groups excluding carboxylic acids is 2. The number of carbonyl (C=O) groups is 2. The molecule has 0 bridgehead atoms. The number of aliphatic imine (C=N–C) groups is 1. The summed E-state index contributed by atoms with van der Waals surface area (Å²) in [5.41, 5.74) is 13.3. The van der Waals surface area contributed by atoms with Gasteiger partial charge in [0.05, 0.1) is 42.3 Å². The zero-order chi connectivity index (χ0) is 33.7. The molecular weight excluding hydrogens is 654 g/mol. The Bertz CT molecular complexity index is 1530. The van der Waals surface area contributed by atoms with Crippen LogP contribution in [0.1, 0.15) is 61.1 Å². The van der Waals surface area contributed by atoms with Gasteiger partial charge in [-0.3, -0.25) is 14.5 Å². The third-order valence-electron chi connectivity index (χ3n) is 7.14. The highest BCUT2D eigenvalue weighted by Gasteiger charge is 2.30. The van der Waals surface area contributed by atoms with Crippen LogP contribution in [0.4, 0.5) is 0 Å². The van der Waals surface area contributed by atoms with Crippen molar-refractivity contribution in [3.8, 4) is 11.1 Å². The van der Waals surface area contributed by atoms with E-state index in [4.69, 9.17) is 31.9 Å². The Morgan fingerprint density at radius 3 is 2.60 bits per heavy atom. The summed E-state index contributed by atoms with van der Waals surface area (Å²) in [7, 11) is 4.83. The molecule has 3 aromatic rings. The Hall–Kier alpha value is -2.58. The topological polar surface area (TPSA) is 134 Å². The number of halogens is 1. The lowest BCUT2D eigenvalue weighted by molar-refractivity contribution is -0.141. The SMILES string of the molecule is CC.CN=C(/C=C(\N)CSCc1nn2c(c1-c1c(Cl)ccc3c(CCCOC(C)=O)c(C(=O)OC)n(C)c13)CCC2)CO.SS. The second kappa shape index (κ2) is 19.2. The summed E-state index contributed by atoms with van der Waals surface area (Å²) in [6.45, 7) is 6.30. The third kappa shape index (κ3) is 9.25. The van der Waals surface area contributed by atoms with E-state index in [1.54, 1.807) is 24.9 Å². The van der Waals surface area contributed by atoms with Crippen molar-refractivity contribution in [1.82, 2.24) is 14.3 Å². The van der Waals surface area contributed by atoms with Crippen molar-refractivity contribution in [2.75, 3.05) is 33.1 Å². The monoisotopic (exact) mass is 697 g/mol. The first-order chi connectivity index (χ1) is 21.7. The number of nitrogens with zero attached hydrogens (tertiary/aromatic N) is 4. The van der Waals surface area contributed by atoms with Gasteiger partial charge in [0.2, 0.25) is 0 Å². The summed E-state index contributed by atoms with van der Waals surface area (Å²) >= 11 is 15.0. The van der Waals surface area contributed by atoms with Gasteiger partial charge in [0.25, 0.3) is 0 Å². The molecule has 1 aliphatic rings. The summed E-state index contributed by atoms with van der Waals surface area (Å²) in [6.07, 6.45) is 4.64. The third-order valence-corrected chi connectivity index (χ3v) is 8.47. The number of hydrogen-bond acceptors (Lipinski definition) is 11. The number of aliphatic hydroxyl groups is 1.